The average Bonchev–Trinajstić information content (AvgIpc) is 2.47. The Morgan fingerprint density at radius 3 is 2.47 bits per heavy atom. The molecule has 0 spiro atoms. The summed E-state index contributed by atoms with van der Waals surface area (Å²) in [5.74, 6) is 0.777. The number of benzene rings is 1. The van der Waals surface area contributed by atoms with E-state index in [0.29, 0.717) is 0 Å². The summed E-state index contributed by atoms with van der Waals surface area (Å²) in [6.07, 6.45) is 2.68. The molecule has 1 fully saturated rings. The van der Waals surface area contributed by atoms with Gasteiger partial charge in [0, 0.05) is 13.1 Å². The highest BCUT2D eigenvalue weighted by Crippen LogP contribution is 2.13. The van der Waals surface area contributed by atoms with Crippen LogP contribution in [0.1, 0.15) is 24.8 Å². The summed E-state index contributed by atoms with van der Waals surface area (Å²) in [5, 5.41) is 1.67. The maximum absolute atomic E-state index is 11.5. The quantitative estimate of drug-likeness (QED) is 0.783. The molecule has 0 radical (unpaired) electrons. The van der Waals surface area contributed by atoms with Crippen molar-refractivity contribution in [2.45, 2.75) is 25.9 Å². The smallest absolute Gasteiger partial charge is 0.497 e. The number of piperidine rings is 1. The van der Waals surface area contributed by atoms with E-state index in [1.165, 1.54) is 6.42 Å². The van der Waals surface area contributed by atoms with Crippen molar-refractivity contribution in [3.63, 3.8) is 0 Å². The summed E-state index contributed by atoms with van der Waals surface area (Å²) in [6, 6.07) is 7.36. The summed E-state index contributed by atoms with van der Waals surface area (Å²) >= 11 is 0. The van der Waals surface area contributed by atoms with E-state index in [1.807, 2.05) is 24.3 Å². The molecule has 2 rings (SSSR count). The van der Waals surface area contributed by atoms with Gasteiger partial charge in [-0.05, 0) is 30.5 Å². The van der Waals surface area contributed by atoms with Gasteiger partial charge in [0.25, 0.3) is 0 Å². The van der Waals surface area contributed by atoms with Crippen molar-refractivity contribution < 1.29 is 19.1 Å². The van der Waals surface area contributed by atoms with Crippen LogP contribution in [0.25, 0.3) is 0 Å². The average molecular weight is 265 g/mol. The van der Waals surface area contributed by atoms with Crippen LogP contribution in [0.15, 0.2) is 24.3 Å². The van der Waals surface area contributed by atoms with Crippen molar-refractivity contribution in [2.24, 2.45) is 0 Å². The van der Waals surface area contributed by atoms with E-state index in [-0.39, 0.29) is 6.61 Å². The zero-order valence-electron chi connectivity index (χ0n) is 11.1. The van der Waals surface area contributed by atoms with Crippen LogP contribution in [-0.4, -0.2) is 31.4 Å². The van der Waals surface area contributed by atoms with E-state index < -0.39 is 6.16 Å². The lowest BCUT2D eigenvalue weighted by Gasteiger charge is -2.24. The maximum Gasteiger partial charge on any atom is 0.528 e. The predicted octanol–water partition coefficient (Wildman–Crippen LogP) is 2.75. The van der Waals surface area contributed by atoms with Crippen molar-refractivity contribution >= 4 is 6.16 Å². The van der Waals surface area contributed by atoms with Crippen LogP contribution in [0.2, 0.25) is 0 Å². The number of nitrogens with zero attached hydrogens (tertiary/aromatic N) is 1. The molecule has 104 valence electrons. The topological polar surface area (TPSA) is 48.0 Å². The zero-order valence-corrected chi connectivity index (χ0v) is 11.1. The molecule has 1 aliphatic heterocycles. The van der Waals surface area contributed by atoms with Gasteiger partial charge in [0.2, 0.25) is 0 Å². The third kappa shape index (κ3) is 4.44. The molecule has 0 unspecified atom stereocenters. The summed E-state index contributed by atoms with van der Waals surface area (Å²) in [7, 11) is 1.61. The van der Waals surface area contributed by atoms with Gasteiger partial charge in [0.1, 0.15) is 12.4 Å². The van der Waals surface area contributed by atoms with E-state index in [2.05, 4.69) is 0 Å². The lowest BCUT2D eigenvalue weighted by Crippen LogP contribution is -2.32. The molecule has 1 heterocycles. The minimum absolute atomic E-state index is 0.205. The summed E-state index contributed by atoms with van der Waals surface area (Å²) in [5.41, 5.74) is 0.899. The summed E-state index contributed by atoms with van der Waals surface area (Å²) in [6.45, 7) is 1.78. The molecule has 0 aromatic heterocycles. The van der Waals surface area contributed by atoms with Gasteiger partial charge in [-0.1, -0.05) is 18.6 Å². The van der Waals surface area contributed by atoms with Crippen LogP contribution in [0.4, 0.5) is 4.79 Å². The lowest BCUT2D eigenvalue weighted by atomic mass is 10.2. The number of hydroxylamine groups is 2. The molecule has 1 saturated heterocycles. The molecule has 1 aromatic carbocycles. The molecular formula is C14H19NO4. The van der Waals surface area contributed by atoms with Crippen molar-refractivity contribution in [1.29, 1.82) is 0 Å². The number of carbonyl (C=O) groups excluding carboxylic acids is 1. The minimum atomic E-state index is -0.641. The monoisotopic (exact) mass is 265 g/mol. The highest BCUT2D eigenvalue weighted by molar-refractivity contribution is 5.59. The lowest BCUT2D eigenvalue weighted by molar-refractivity contribution is -0.138. The molecule has 1 aromatic rings. The van der Waals surface area contributed by atoms with Gasteiger partial charge in [-0.3, -0.25) is 0 Å². The highest BCUT2D eigenvalue weighted by atomic mass is 16.8. The second kappa shape index (κ2) is 6.99. The third-order valence-corrected chi connectivity index (χ3v) is 3.03. The molecule has 0 amide bonds. The predicted molar refractivity (Wildman–Crippen MR) is 69.7 cm³/mol. The van der Waals surface area contributed by atoms with Crippen LogP contribution >= 0.6 is 0 Å². The fourth-order valence-corrected chi connectivity index (χ4v) is 1.95. The first-order valence-electron chi connectivity index (χ1n) is 6.50. The van der Waals surface area contributed by atoms with Gasteiger partial charge in [-0.25, -0.2) is 4.79 Å². The second-order valence-electron chi connectivity index (χ2n) is 4.47. The number of methoxy groups -OCH3 is 1. The second-order valence-corrected chi connectivity index (χ2v) is 4.47. The third-order valence-electron chi connectivity index (χ3n) is 3.03. The molecule has 0 atom stereocenters. The Bertz CT molecular complexity index is 398. The largest absolute Gasteiger partial charge is 0.528 e. The molecule has 0 aliphatic carbocycles. The molecule has 5 nitrogen and oxygen atoms in total. The van der Waals surface area contributed by atoms with Crippen LogP contribution in [0.5, 0.6) is 5.75 Å². The molecule has 0 saturated carbocycles. The van der Waals surface area contributed by atoms with Crippen LogP contribution in [0, 0.1) is 0 Å². The fraction of sp³-hybridized carbons (Fsp3) is 0.500. The Balaban J connectivity index is 1.72. The summed E-state index contributed by atoms with van der Waals surface area (Å²) < 4.78 is 10.1. The van der Waals surface area contributed by atoms with Gasteiger partial charge in [-0.15, -0.1) is 5.06 Å². The molecule has 5 heteroatoms. The fourth-order valence-electron chi connectivity index (χ4n) is 1.95. The molecular weight excluding hydrogens is 246 g/mol. The van der Waals surface area contributed by atoms with Crippen molar-refractivity contribution in [3.8, 4) is 5.75 Å². The van der Waals surface area contributed by atoms with E-state index in [0.717, 1.165) is 37.2 Å². The SMILES string of the molecule is COc1ccc(COC(=O)ON2CCCCC2)cc1. The number of carbonyl (C=O) groups is 1. The van der Waals surface area contributed by atoms with Crippen LogP contribution < -0.4 is 4.74 Å². The van der Waals surface area contributed by atoms with E-state index in [1.54, 1.807) is 12.2 Å². The van der Waals surface area contributed by atoms with Gasteiger partial charge in [-0.2, -0.15) is 0 Å². The first-order valence-corrected chi connectivity index (χ1v) is 6.50. The molecule has 0 N–H and O–H groups in total. The Labute approximate surface area is 113 Å². The van der Waals surface area contributed by atoms with E-state index in [9.17, 15) is 4.79 Å². The highest BCUT2D eigenvalue weighted by Gasteiger charge is 2.15. The number of rotatable bonds is 4. The molecule has 1 aliphatic rings. The molecule has 0 bridgehead atoms. The standard InChI is InChI=1S/C14H19NO4/c1-17-13-7-5-12(6-8-13)11-18-14(16)19-15-9-3-2-4-10-15/h5-8H,2-4,9-11H2,1H3. The van der Waals surface area contributed by atoms with Gasteiger partial charge in [0.05, 0.1) is 7.11 Å². The minimum Gasteiger partial charge on any atom is -0.497 e. The Hall–Kier alpha value is -1.75. The van der Waals surface area contributed by atoms with Gasteiger partial charge in [0.15, 0.2) is 0 Å². The van der Waals surface area contributed by atoms with E-state index in [4.69, 9.17) is 14.3 Å². The van der Waals surface area contributed by atoms with Crippen molar-refractivity contribution in [2.75, 3.05) is 20.2 Å². The first-order chi connectivity index (χ1) is 9.28. The number of ether oxygens (including phenoxy) is 2. The molecule has 19 heavy (non-hydrogen) atoms. The Morgan fingerprint density at radius 2 is 1.84 bits per heavy atom. The van der Waals surface area contributed by atoms with E-state index >= 15 is 0 Å². The van der Waals surface area contributed by atoms with Crippen molar-refractivity contribution in [1.82, 2.24) is 5.06 Å². The summed E-state index contributed by atoms with van der Waals surface area (Å²) in [4.78, 5) is 16.6. The first kappa shape index (κ1) is 13.7. The van der Waals surface area contributed by atoms with Gasteiger partial charge >= 0.3 is 6.16 Å². The number of hydrogen-bond acceptors (Lipinski definition) is 5. The van der Waals surface area contributed by atoms with Crippen molar-refractivity contribution in [3.05, 3.63) is 29.8 Å². The normalized spacial score (nSPS) is 15.8. The maximum atomic E-state index is 11.5. The number of hydrogen-bond donors (Lipinski definition) is 0. The Morgan fingerprint density at radius 1 is 1.16 bits per heavy atom. The Kier molecular flexibility index (Phi) is 5.03. The van der Waals surface area contributed by atoms with Gasteiger partial charge < -0.3 is 14.3 Å². The van der Waals surface area contributed by atoms with Crippen LogP contribution in [-0.2, 0) is 16.2 Å². The zero-order chi connectivity index (χ0) is 13.5. The van der Waals surface area contributed by atoms with Crippen LogP contribution in [0.3, 0.4) is 0 Å².